The quantitative estimate of drug-likeness (QED) is 0.806. The van der Waals surface area contributed by atoms with Gasteiger partial charge in [-0.25, -0.2) is 4.98 Å². The minimum atomic E-state index is -0.185. The molecule has 20 heavy (non-hydrogen) atoms. The summed E-state index contributed by atoms with van der Waals surface area (Å²) in [6.07, 6.45) is 3.10. The Morgan fingerprint density at radius 1 is 1.45 bits per heavy atom. The summed E-state index contributed by atoms with van der Waals surface area (Å²) >= 11 is 0. The first-order valence-electron chi connectivity index (χ1n) is 6.14. The summed E-state index contributed by atoms with van der Waals surface area (Å²) in [5.74, 6) is 5.29. The number of aliphatic hydroxyl groups is 1. The second-order valence-corrected chi connectivity index (χ2v) is 4.19. The molecule has 0 radical (unpaired) electrons. The van der Waals surface area contributed by atoms with Crippen molar-refractivity contribution >= 4 is 5.91 Å². The molecule has 0 aliphatic carbocycles. The Labute approximate surface area is 117 Å². The maximum atomic E-state index is 12.0. The zero-order valence-electron chi connectivity index (χ0n) is 11.1. The molecule has 0 bridgehead atoms. The second-order valence-electron chi connectivity index (χ2n) is 4.19. The highest BCUT2D eigenvalue weighted by molar-refractivity contribution is 5.92. The van der Waals surface area contributed by atoms with Crippen LogP contribution >= 0.6 is 0 Å². The lowest BCUT2D eigenvalue weighted by molar-refractivity contribution is 0.0942. The third-order valence-corrected chi connectivity index (χ3v) is 2.81. The van der Waals surface area contributed by atoms with Gasteiger partial charge in [0, 0.05) is 19.2 Å². The van der Waals surface area contributed by atoms with Gasteiger partial charge in [-0.2, -0.15) is 0 Å². The SMILES string of the molecule is Cn1cncc1C(=O)NCc1ccccc1C#CCO. The van der Waals surface area contributed by atoms with E-state index >= 15 is 0 Å². The highest BCUT2D eigenvalue weighted by Gasteiger charge is 2.09. The fourth-order valence-corrected chi connectivity index (χ4v) is 1.77. The van der Waals surface area contributed by atoms with Crippen molar-refractivity contribution in [3.63, 3.8) is 0 Å². The van der Waals surface area contributed by atoms with Gasteiger partial charge < -0.3 is 15.0 Å². The van der Waals surface area contributed by atoms with Crippen LogP contribution in [0.4, 0.5) is 0 Å². The van der Waals surface area contributed by atoms with Crippen LogP contribution in [-0.4, -0.2) is 27.2 Å². The number of carbonyl (C=O) groups is 1. The molecule has 0 atom stereocenters. The number of hydrogen-bond acceptors (Lipinski definition) is 3. The summed E-state index contributed by atoms with van der Waals surface area (Å²) in [5, 5.41) is 11.6. The van der Waals surface area contributed by atoms with Gasteiger partial charge in [-0.05, 0) is 11.6 Å². The lowest BCUT2D eigenvalue weighted by atomic mass is 10.1. The number of hydrogen-bond donors (Lipinski definition) is 2. The minimum Gasteiger partial charge on any atom is -0.384 e. The van der Waals surface area contributed by atoms with Crippen LogP contribution in [0.2, 0.25) is 0 Å². The van der Waals surface area contributed by atoms with E-state index in [4.69, 9.17) is 5.11 Å². The maximum absolute atomic E-state index is 12.0. The van der Waals surface area contributed by atoms with Crippen LogP contribution in [-0.2, 0) is 13.6 Å². The molecule has 1 aromatic heterocycles. The maximum Gasteiger partial charge on any atom is 0.269 e. The number of nitrogens with zero attached hydrogens (tertiary/aromatic N) is 2. The van der Waals surface area contributed by atoms with Crippen LogP contribution < -0.4 is 5.32 Å². The molecule has 102 valence electrons. The van der Waals surface area contributed by atoms with E-state index in [0.29, 0.717) is 12.2 Å². The summed E-state index contributed by atoms with van der Waals surface area (Å²) < 4.78 is 1.66. The van der Waals surface area contributed by atoms with Crippen molar-refractivity contribution in [2.45, 2.75) is 6.54 Å². The van der Waals surface area contributed by atoms with Crippen LogP contribution in [0.5, 0.6) is 0 Å². The lowest BCUT2D eigenvalue weighted by Crippen LogP contribution is -2.25. The monoisotopic (exact) mass is 269 g/mol. The van der Waals surface area contributed by atoms with Crippen molar-refractivity contribution in [3.05, 3.63) is 53.6 Å². The highest BCUT2D eigenvalue weighted by atomic mass is 16.2. The average molecular weight is 269 g/mol. The van der Waals surface area contributed by atoms with Crippen LogP contribution in [0.15, 0.2) is 36.8 Å². The number of amides is 1. The van der Waals surface area contributed by atoms with Gasteiger partial charge in [0.1, 0.15) is 12.3 Å². The van der Waals surface area contributed by atoms with E-state index in [0.717, 1.165) is 11.1 Å². The molecule has 1 aromatic carbocycles. The summed E-state index contributed by atoms with van der Waals surface area (Å²) in [6, 6.07) is 7.50. The molecule has 1 heterocycles. The van der Waals surface area contributed by atoms with Gasteiger partial charge in [-0.3, -0.25) is 4.79 Å². The molecule has 2 aromatic rings. The number of nitrogens with one attached hydrogen (secondary N) is 1. The zero-order chi connectivity index (χ0) is 14.4. The molecule has 0 spiro atoms. The van der Waals surface area contributed by atoms with Crippen LogP contribution in [0.1, 0.15) is 21.6 Å². The molecule has 5 heteroatoms. The van der Waals surface area contributed by atoms with Crippen LogP contribution in [0.25, 0.3) is 0 Å². The summed E-state index contributed by atoms with van der Waals surface area (Å²) in [7, 11) is 1.77. The molecule has 0 unspecified atom stereocenters. The standard InChI is InChI=1S/C15H15N3O2/c1-18-11-16-10-14(18)15(20)17-9-13-6-3-2-5-12(13)7-4-8-19/h2-3,5-6,10-11,19H,8-9H2,1H3,(H,17,20). The number of carbonyl (C=O) groups excluding carboxylic acids is 1. The van der Waals surface area contributed by atoms with E-state index in [1.165, 1.54) is 6.20 Å². The smallest absolute Gasteiger partial charge is 0.269 e. The Morgan fingerprint density at radius 3 is 2.95 bits per heavy atom. The number of aliphatic hydroxyl groups excluding tert-OH is 1. The van der Waals surface area contributed by atoms with Crippen LogP contribution in [0, 0.1) is 11.8 Å². The van der Waals surface area contributed by atoms with E-state index in [2.05, 4.69) is 22.1 Å². The summed E-state index contributed by atoms with van der Waals surface area (Å²) in [6.45, 7) is 0.190. The average Bonchev–Trinajstić information content (AvgIpc) is 2.89. The van der Waals surface area contributed by atoms with Crippen molar-refractivity contribution < 1.29 is 9.90 Å². The molecule has 1 amide bonds. The van der Waals surface area contributed by atoms with E-state index in [-0.39, 0.29) is 12.5 Å². The lowest BCUT2D eigenvalue weighted by Gasteiger charge is -2.07. The van der Waals surface area contributed by atoms with Gasteiger partial charge in [-0.15, -0.1) is 0 Å². The van der Waals surface area contributed by atoms with Gasteiger partial charge in [0.2, 0.25) is 0 Å². The molecule has 2 N–H and O–H groups in total. The number of aromatic nitrogens is 2. The van der Waals surface area contributed by atoms with Crippen LogP contribution in [0.3, 0.4) is 0 Å². The molecule has 0 saturated heterocycles. The molecule has 0 aliphatic heterocycles. The molecule has 2 rings (SSSR count). The van der Waals surface area contributed by atoms with Gasteiger partial charge in [-0.1, -0.05) is 30.0 Å². The largest absolute Gasteiger partial charge is 0.384 e. The van der Waals surface area contributed by atoms with Gasteiger partial charge in [0.15, 0.2) is 0 Å². The highest BCUT2D eigenvalue weighted by Crippen LogP contribution is 2.07. The predicted octanol–water partition coefficient (Wildman–Crippen LogP) is 0.694. The number of benzene rings is 1. The molecular weight excluding hydrogens is 254 g/mol. The Bertz CT molecular complexity index is 665. The van der Waals surface area contributed by atoms with Crippen molar-refractivity contribution in [2.75, 3.05) is 6.61 Å². The number of aryl methyl sites for hydroxylation is 1. The fourth-order valence-electron chi connectivity index (χ4n) is 1.77. The fraction of sp³-hybridized carbons (Fsp3) is 0.200. The van der Waals surface area contributed by atoms with Gasteiger partial charge in [0.05, 0.1) is 12.5 Å². The Morgan fingerprint density at radius 2 is 2.25 bits per heavy atom. The Kier molecular flexibility index (Phi) is 4.53. The number of rotatable bonds is 3. The van der Waals surface area contributed by atoms with E-state index < -0.39 is 0 Å². The van der Waals surface area contributed by atoms with Crippen molar-refractivity contribution in [2.24, 2.45) is 7.05 Å². The first kappa shape index (κ1) is 13.8. The molecule has 0 fully saturated rings. The van der Waals surface area contributed by atoms with Gasteiger partial charge >= 0.3 is 0 Å². The second kappa shape index (κ2) is 6.55. The summed E-state index contributed by atoms with van der Waals surface area (Å²) in [5.41, 5.74) is 2.21. The summed E-state index contributed by atoms with van der Waals surface area (Å²) in [4.78, 5) is 15.9. The molecule has 0 aliphatic rings. The zero-order valence-corrected chi connectivity index (χ0v) is 11.1. The third-order valence-electron chi connectivity index (χ3n) is 2.81. The Hall–Kier alpha value is -2.58. The van der Waals surface area contributed by atoms with Crippen molar-refractivity contribution in [1.29, 1.82) is 0 Å². The Balaban J connectivity index is 2.08. The first-order chi connectivity index (χ1) is 9.72. The van der Waals surface area contributed by atoms with E-state index in [9.17, 15) is 4.79 Å². The molecule has 5 nitrogen and oxygen atoms in total. The van der Waals surface area contributed by atoms with E-state index in [1.54, 1.807) is 17.9 Å². The van der Waals surface area contributed by atoms with E-state index in [1.807, 2.05) is 24.3 Å². The minimum absolute atomic E-state index is 0.185. The first-order valence-corrected chi connectivity index (χ1v) is 6.14. The molecule has 0 saturated carbocycles. The topological polar surface area (TPSA) is 67.2 Å². The predicted molar refractivity (Wildman–Crippen MR) is 74.8 cm³/mol. The normalized spacial score (nSPS) is 9.70. The van der Waals surface area contributed by atoms with Crippen molar-refractivity contribution in [1.82, 2.24) is 14.9 Å². The third kappa shape index (κ3) is 3.25. The number of imidazole rings is 1. The van der Waals surface area contributed by atoms with Crippen molar-refractivity contribution in [3.8, 4) is 11.8 Å². The van der Waals surface area contributed by atoms with Gasteiger partial charge in [0.25, 0.3) is 5.91 Å². The molecular formula is C15H15N3O2.